The first kappa shape index (κ1) is 17.6. The molecule has 1 amide bonds. The molecule has 0 spiro atoms. The third-order valence-corrected chi connectivity index (χ3v) is 4.26. The van der Waals surface area contributed by atoms with E-state index in [0.29, 0.717) is 25.3 Å². The van der Waals surface area contributed by atoms with Gasteiger partial charge in [0.2, 0.25) is 5.91 Å². The first-order chi connectivity index (χ1) is 12.0. The van der Waals surface area contributed by atoms with Crippen molar-refractivity contribution in [1.82, 2.24) is 20.0 Å². The summed E-state index contributed by atoms with van der Waals surface area (Å²) in [5.74, 6) is -0.221. The third-order valence-electron chi connectivity index (χ3n) is 4.26. The van der Waals surface area contributed by atoms with Crippen LogP contribution in [-0.4, -0.2) is 47.8 Å². The van der Waals surface area contributed by atoms with E-state index in [-0.39, 0.29) is 24.4 Å². The fourth-order valence-corrected chi connectivity index (χ4v) is 2.83. The number of rotatable bonds is 6. The van der Waals surface area contributed by atoms with E-state index in [1.165, 1.54) is 6.07 Å². The number of benzene rings is 1. The number of carbonyl (C=O) groups is 1. The van der Waals surface area contributed by atoms with Crippen LogP contribution in [-0.2, 0) is 29.0 Å². The largest absolute Gasteiger partial charge is 0.370 e. The van der Waals surface area contributed by atoms with Crippen molar-refractivity contribution in [2.45, 2.75) is 25.6 Å². The Morgan fingerprint density at radius 2 is 2.24 bits per heavy atom. The lowest BCUT2D eigenvalue weighted by atomic mass is 10.1. The highest BCUT2D eigenvalue weighted by molar-refractivity contribution is 5.75. The first-order valence-electron chi connectivity index (χ1n) is 8.36. The van der Waals surface area contributed by atoms with E-state index in [0.717, 1.165) is 17.7 Å². The van der Waals surface area contributed by atoms with Crippen LogP contribution in [0.3, 0.4) is 0 Å². The molecule has 1 N–H and O–H groups in total. The van der Waals surface area contributed by atoms with Crippen LogP contribution in [0.1, 0.15) is 22.9 Å². The minimum atomic E-state index is -0.216. The SMILES string of the molecule is CN(C)C(=O)Cn1cc2c(n1)[C@H](CNCc1ccccc1F)OCC2. The van der Waals surface area contributed by atoms with Gasteiger partial charge >= 0.3 is 0 Å². The molecule has 0 saturated heterocycles. The molecule has 2 aromatic rings. The maximum absolute atomic E-state index is 13.7. The number of aromatic nitrogens is 2. The van der Waals surface area contributed by atoms with Gasteiger partial charge in [0, 0.05) is 38.9 Å². The van der Waals surface area contributed by atoms with Crippen LogP contribution >= 0.6 is 0 Å². The fourth-order valence-electron chi connectivity index (χ4n) is 2.83. The van der Waals surface area contributed by atoms with Crippen LogP contribution in [0.5, 0.6) is 0 Å². The first-order valence-corrected chi connectivity index (χ1v) is 8.36. The van der Waals surface area contributed by atoms with Crippen LogP contribution in [0.2, 0.25) is 0 Å². The van der Waals surface area contributed by atoms with Gasteiger partial charge in [-0.25, -0.2) is 4.39 Å². The molecule has 1 aliphatic heterocycles. The molecule has 0 aliphatic carbocycles. The van der Waals surface area contributed by atoms with Crippen molar-refractivity contribution in [2.24, 2.45) is 0 Å². The Balaban J connectivity index is 1.62. The number of halogens is 1. The van der Waals surface area contributed by atoms with Gasteiger partial charge in [-0.1, -0.05) is 18.2 Å². The standard InChI is InChI=1S/C18H23FN4O2/c1-22(2)17(24)12-23-11-14-7-8-25-16(18(14)21-23)10-20-9-13-5-3-4-6-15(13)19/h3-6,11,16,20H,7-10,12H2,1-2H3/t16-/m0/s1. The number of likely N-dealkylation sites (N-methyl/N-ethyl adjacent to an activating group) is 1. The summed E-state index contributed by atoms with van der Waals surface area (Å²) in [6.45, 7) is 1.81. The summed E-state index contributed by atoms with van der Waals surface area (Å²) in [5, 5.41) is 7.76. The van der Waals surface area contributed by atoms with Gasteiger partial charge in [0.1, 0.15) is 18.5 Å². The van der Waals surface area contributed by atoms with Crippen LogP contribution in [0.15, 0.2) is 30.5 Å². The number of carbonyl (C=O) groups excluding carboxylic acids is 1. The molecule has 134 valence electrons. The lowest BCUT2D eigenvalue weighted by Crippen LogP contribution is -2.28. The normalized spacial score (nSPS) is 16.5. The molecule has 0 saturated carbocycles. The smallest absolute Gasteiger partial charge is 0.243 e. The molecular formula is C18H23FN4O2. The van der Waals surface area contributed by atoms with Crippen molar-refractivity contribution in [2.75, 3.05) is 27.2 Å². The van der Waals surface area contributed by atoms with Gasteiger partial charge in [0.15, 0.2) is 0 Å². The highest BCUT2D eigenvalue weighted by Gasteiger charge is 2.25. The van der Waals surface area contributed by atoms with Crippen LogP contribution < -0.4 is 5.32 Å². The van der Waals surface area contributed by atoms with E-state index in [9.17, 15) is 9.18 Å². The summed E-state index contributed by atoms with van der Waals surface area (Å²) in [6, 6.07) is 6.71. The molecule has 1 aromatic heterocycles. The number of amides is 1. The molecule has 0 radical (unpaired) electrons. The van der Waals surface area contributed by atoms with Crippen LogP contribution in [0, 0.1) is 5.82 Å². The maximum Gasteiger partial charge on any atom is 0.243 e. The Morgan fingerprint density at radius 3 is 3.00 bits per heavy atom. The van der Waals surface area contributed by atoms with Gasteiger partial charge in [-0.3, -0.25) is 9.48 Å². The lowest BCUT2D eigenvalue weighted by molar-refractivity contribution is -0.129. The molecule has 25 heavy (non-hydrogen) atoms. The van der Waals surface area contributed by atoms with E-state index in [1.807, 2.05) is 12.3 Å². The average molecular weight is 346 g/mol. The Bertz CT molecular complexity index is 744. The molecule has 3 rings (SSSR count). The Kier molecular flexibility index (Phi) is 5.45. The predicted octanol–water partition coefficient (Wildman–Crippen LogP) is 1.51. The van der Waals surface area contributed by atoms with E-state index in [4.69, 9.17) is 4.74 Å². The lowest BCUT2D eigenvalue weighted by Gasteiger charge is -2.22. The maximum atomic E-state index is 13.7. The van der Waals surface area contributed by atoms with Crippen molar-refractivity contribution in [3.63, 3.8) is 0 Å². The van der Waals surface area contributed by atoms with Crippen molar-refractivity contribution in [3.8, 4) is 0 Å². The predicted molar refractivity (Wildman–Crippen MR) is 91.4 cm³/mol. The minimum absolute atomic E-state index is 0.00464. The van der Waals surface area contributed by atoms with Gasteiger partial charge in [0.05, 0.1) is 12.3 Å². The summed E-state index contributed by atoms with van der Waals surface area (Å²) in [6.07, 6.45) is 2.52. The van der Waals surface area contributed by atoms with E-state index in [1.54, 1.807) is 35.8 Å². The quantitative estimate of drug-likeness (QED) is 0.861. The second-order valence-electron chi connectivity index (χ2n) is 6.36. The summed E-state index contributed by atoms with van der Waals surface area (Å²) < 4.78 is 21.1. The summed E-state index contributed by atoms with van der Waals surface area (Å²) >= 11 is 0. The molecule has 0 fully saturated rings. The average Bonchev–Trinajstić information content (AvgIpc) is 2.99. The van der Waals surface area contributed by atoms with E-state index in [2.05, 4.69) is 10.4 Å². The second kappa shape index (κ2) is 7.76. The molecule has 1 aromatic carbocycles. The highest BCUT2D eigenvalue weighted by atomic mass is 19.1. The summed E-state index contributed by atoms with van der Waals surface area (Å²) in [5.41, 5.74) is 2.59. The summed E-state index contributed by atoms with van der Waals surface area (Å²) in [4.78, 5) is 13.4. The van der Waals surface area contributed by atoms with Gasteiger partial charge < -0.3 is 15.0 Å². The van der Waals surface area contributed by atoms with Crippen molar-refractivity contribution in [1.29, 1.82) is 0 Å². The van der Waals surface area contributed by atoms with Gasteiger partial charge in [-0.15, -0.1) is 0 Å². The second-order valence-corrected chi connectivity index (χ2v) is 6.36. The number of ether oxygens (including phenoxy) is 1. The van der Waals surface area contributed by atoms with Gasteiger partial charge in [0.25, 0.3) is 0 Å². The molecule has 6 nitrogen and oxygen atoms in total. The fraction of sp³-hybridized carbons (Fsp3) is 0.444. The number of nitrogens with zero attached hydrogens (tertiary/aromatic N) is 3. The molecule has 0 unspecified atom stereocenters. The Morgan fingerprint density at radius 1 is 1.44 bits per heavy atom. The summed E-state index contributed by atoms with van der Waals surface area (Å²) in [7, 11) is 3.45. The zero-order valence-electron chi connectivity index (χ0n) is 14.5. The van der Waals surface area contributed by atoms with Crippen LogP contribution in [0.25, 0.3) is 0 Å². The molecule has 7 heteroatoms. The third kappa shape index (κ3) is 4.24. The molecule has 0 bridgehead atoms. The zero-order valence-corrected chi connectivity index (χ0v) is 14.5. The Labute approximate surface area is 146 Å². The van der Waals surface area contributed by atoms with Crippen LogP contribution in [0.4, 0.5) is 4.39 Å². The number of nitrogens with one attached hydrogen (secondary N) is 1. The molecule has 1 aliphatic rings. The molecule has 2 heterocycles. The molecular weight excluding hydrogens is 323 g/mol. The topological polar surface area (TPSA) is 59.4 Å². The zero-order chi connectivity index (χ0) is 17.8. The number of fused-ring (bicyclic) bond motifs is 1. The van der Waals surface area contributed by atoms with Gasteiger partial charge in [-0.05, 0) is 18.1 Å². The minimum Gasteiger partial charge on any atom is -0.370 e. The highest BCUT2D eigenvalue weighted by Crippen LogP contribution is 2.25. The van der Waals surface area contributed by atoms with Gasteiger partial charge in [-0.2, -0.15) is 5.10 Å². The van der Waals surface area contributed by atoms with Crippen molar-refractivity contribution < 1.29 is 13.9 Å². The van der Waals surface area contributed by atoms with E-state index < -0.39 is 0 Å². The monoisotopic (exact) mass is 346 g/mol. The van der Waals surface area contributed by atoms with Crippen molar-refractivity contribution in [3.05, 3.63) is 53.1 Å². The number of hydrogen-bond acceptors (Lipinski definition) is 4. The number of hydrogen-bond donors (Lipinski definition) is 1. The molecule has 1 atom stereocenters. The Hall–Kier alpha value is -2.25. The van der Waals surface area contributed by atoms with Crippen molar-refractivity contribution >= 4 is 5.91 Å². The van der Waals surface area contributed by atoms with E-state index >= 15 is 0 Å².